The number of nitrogens with one attached hydrogen (secondary N) is 1. The minimum Gasteiger partial charge on any atom is -0.748 e. The van der Waals surface area contributed by atoms with E-state index in [4.69, 9.17) is 9.47 Å². The van der Waals surface area contributed by atoms with Crippen molar-refractivity contribution in [2.24, 2.45) is 16.7 Å². The number of quaternary nitrogens is 1. The van der Waals surface area contributed by atoms with Crippen molar-refractivity contribution < 1.29 is 40.9 Å². The number of ketones is 1. The van der Waals surface area contributed by atoms with Crippen molar-refractivity contribution in [3.05, 3.63) is 72.3 Å². The lowest BCUT2D eigenvalue weighted by atomic mass is 9.70. The van der Waals surface area contributed by atoms with E-state index in [1.165, 1.54) is 12.1 Å². The maximum Gasteiger partial charge on any atom is 0.270 e. The molecule has 1 N–H and O–H groups in total. The first-order chi connectivity index (χ1) is 22.2. The van der Waals surface area contributed by atoms with Crippen LogP contribution in [0.1, 0.15) is 43.6 Å². The van der Waals surface area contributed by atoms with Gasteiger partial charge in [0.15, 0.2) is 5.82 Å². The molecule has 2 unspecified atom stereocenters. The van der Waals surface area contributed by atoms with Gasteiger partial charge in [0.25, 0.3) is 5.91 Å². The van der Waals surface area contributed by atoms with Gasteiger partial charge in [-0.05, 0) is 78.8 Å². The summed E-state index contributed by atoms with van der Waals surface area (Å²) in [7, 11) is -2.14. The number of nitrogens with zero attached hydrogens (tertiary/aromatic N) is 3. The van der Waals surface area contributed by atoms with E-state index >= 15 is 0 Å². The Kier molecular flexibility index (Phi) is 10.1. The molecule has 3 aromatic rings. The zero-order valence-corrected chi connectivity index (χ0v) is 27.7. The fourth-order valence-corrected chi connectivity index (χ4v) is 8.16. The first-order valence-corrected chi connectivity index (χ1v) is 17.3. The number of carbonyl (C=O) groups excluding carboxylic acids is 2. The third-order valence-corrected chi connectivity index (χ3v) is 10.9. The summed E-state index contributed by atoms with van der Waals surface area (Å²) >= 11 is 0. The van der Waals surface area contributed by atoms with E-state index in [-0.39, 0.29) is 28.8 Å². The number of amides is 1. The molecule has 0 spiro atoms. The van der Waals surface area contributed by atoms with Crippen LogP contribution in [-0.2, 0) is 19.6 Å². The molecule has 2 aromatic carbocycles. The van der Waals surface area contributed by atoms with Gasteiger partial charge in [0.1, 0.15) is 41.9 Å². The third-order valence-electron chi connectivity index (χ3n) is 10.1. The van der Waals surface area contributed by atoms with Crippen molar-refractivity contribution in [2.75, 3.05) is 52.2 Å². The third kappa shape index (κ3) is 8.03. The minimum atomic E-state index is -4.33. The van der Waals surface area contributed by atoms with Crippen LogP contribution in [0.25, 0.3) is 11.4 Å². The molecule has 6 rings (SSSR count). The fourth-order valence-electron chi connectivity index (χ4n) is 6.88. The molecule has 3 aliphatic rings. The van der Waals surface area contributed by atoms with E-state index in [1.807, 2.05) is 26.0 Å². The van der Waals surface area contributed by atoms with Crippen LogP contribution in [0.4, 0.5) is 4.39 Å². The monoisotopic (exact) mass is 668 g/mol. The highest BCUT2D eigenvalue weighted by molar-refractivity contribution is 7.85. The van der Waals surface area contributed by atoms with Crippen molar-refractivity contribution in [2.45, 2.75) is 33.1 Å². The van der Waals surface area contributed by atoms with Crippen molar-refractivity contribution in [1.82, 2.24) is 15.3 Å². The molecule has 11 nitrogen and oxygen atoms in total. The summed E-state index contributed by atoms with van der Waals surface area (Å²) in [4.78, 5) is 33.1. The topological polar surface area (TPSA) is 148 Å². The molecule has 2 aliphatic carbocycles. The van der Waals surface area contributed by atoms with Crippen LogP contribution in [0.15, 0.2) is 60.8 Å². The first-order valence-electron chi connectivity index (χ1n) is 15.7. The van der Waals surface area contributed by atoms with E-state index in [0.29, 0.717) is 42.4 Å². The maximum atomic E-state index is 13.0. The summed E-state index contributed by atoms with van der Waals surface area (Å²) in [5, 5.41) is 2.96. The summed E-state index contributed by atoms with van der Waals surface area (Å²) in [5.74, 6) is 0.794. The molecule has 1 aromatic heterocycles. The Morgan fingerprint density at radius 2 is 1.72 bits per heavy atom. The predicted octanol–water partition coefficient (Wildman–Crippen LogP) is 4.21. The number of benzene rings is 2. The maximum absolute atomic E-state index is 13.0. The molecule has 3 fully saturated rings. The normalized spacial score (nSPS) is 22.7. The highest BCUT2D eigenvalue weighted by Gasteiger charge is 2.64. The Morgan fingerprint density at radius 3 is 2.30 bits per heavy atom. The number of rotatable bonds is 9. The van der Waals surface area contributed by atoms with E-state index in [1.54, 1.807) is 36.5 Å². The summed E-state index contributed by atoms with van der Waals surface area (Å²) in [5.41, 5.74) is -0.136. The number of fused-ring (bicyclic) bond motifs is 2. The predicted molar refractivity (Wildman–Crippen MR) is 171 cm³/mol. The standard InChI is InChI=1S/C24H25FN4O3.C10H16O4S/c1-29(14-16-31-17-15-29)13-12-27-24(30)22-10-11-26-23(28-22)18-2-6-20(7-3-18)32-21-8-4-19(25)5-9-21;1-9(2)7-3-4-10(9,8(11)5-7)6-15(12,13)14/h2-11H,12-17H2,1H3;7H,3-6H2,1-2H3,(H,12,13,14). The van der Waals surface area contributed by atoms with Gasteiger partial charge < -0.3 is 23.8 Å². The fraction of sp³-hybridized carbons (Fsp3) is 0.471. The van der Waals surface area contributed by atoms with Crippen LogP contribution < -0.4 is 10.1 Å². The second-order valence-electron chi connectivity index (χ2n) is 13.4. The Morgan fingerprint density at radius 1 is 1.09 bits per heavy atom. The minimum absolute atomic E-state index is 0.0248. The first kappa shape index (κ1) is 34.6. The molecule has 2 heterocycles. The molecule has 0 radical (unpaired) electrons. The molecule has 1 amide bonds. The number of carbonyl (C=O) groups is 2. The average Bonchev–Trinajstić information content (AvgIpc) is 3.37. The van der Waals surface area contributed by atoms with Crippen LogP contribution in [-0.4, -0.2) is 91.3 Å². The van der Waals surface area contributed by atoms with Gasteiger partial charge in [-0.15, -0.1) is 0 Å². The molecule has 252 valence electrons. The number of halogens is 1. The summed E-state index contributed by atoms with van der Waals surface area (Å²) < 4.78 is 57.7. The van der Waals surface area contributed by atoms with Crippen LogP contribution in [0.5, 0.6) is 11.5 Å². The lowest BCUT2D eigenvalue weighted by Gasteiger charge is -2.37. The molecule has 13 heteroatoms. The highest BCUT2D eigenvalue weighted by Crippen LogP contribution is 2.64. The van der Waals surface area contributed by atoms with E-state index in [2.05, 4.69) is 22.3 Å². The van der Waals surface area contributed by atoms with Gasteiger partial charge >= 0.3 is 0 Å². The highest BCUT2D eigenvalue weighted by atomic mass is 32.2. The Hall–Kier alpha value is -3.78. The SMILES string of the molecule is CC1(C)C2CCC1(CS(=O)(=O)[O-])C(=O)C2.C[N+]1(CCNC(=O)c2ccnc(-c3ccc(Oc4ccc(F)cc4)cc3)n2)CCOCC1. The zero-order valence-electron chi connectivity index (χ0n) is 26.9. The van der Waals surface area contributed by atoms with E-state index in [9.17, 15) is 27.0 Å². The van der Waals surface area contributed by atoms with Crippen molar-refractivity contribution in [3.8, 4) is 22.9 Å². The zero-order chi connectivity index (χ0) is 33.9. The molecular weight excluding hydrogens is 627 g/mol. The molecule has 1 aliphatic heterocycles. The number of likely N-dealkylation sites (N-methyl/N-ethyl adjacent to an activating group) is 1. The largest absolute Gasteiger partial charge is 0.748 e. The number of morpholine rings is 1. The number of ether oxygens (including phenoxy) is 2. The molecule has 2 atom stereocenters. The summed E-state index contributed by atoms with van der Waals surface area (Å²) in [6, 6.07) is 14.6. The Bertz CT molecular complexity index is 1690. The van der Waals surface area contributed by atoms with Gasteiger partial charge in [0, 0.05) is 23.6 Å². The summed E-state index contributed by atoms with van der Waals surface area (Å²) in [6.45, 7) is 8.68. The summed E-state index contributed by atoms with van der Waals surface area (Å²) in [6.07, 6.45) is 3.46. The smallest absolute Gasteiger partial charge is 0.270 e. The lowest BCUT2D eigenvalue weighted by Crippen LogP contribution is -2.54. The van der Waals surface area contributed by atoms with E-state index < -0.39 is 21.3 Å². The van der Waals surface area contributed by atoms with Crippen LogP contribution in [0.3, 0.4) is 0 Å². The molecule has 1 saturated heterocycles. The molecule has 2 saturated carbocycles. The quantitative estimate of drug-likeness (QED) is 0.262. The molecule has 2 bridgehead atoms. The Balaban J connectivity index is 0.000000241. The van der Waals surface area contributed by atoms with Crippen LogP contribution in [0, 0.1) is 22.6 Å². The molecular formula is C34H41FN4O7S. The number of hydrogen-bond acceptors (Lipinski definition) is 9. The van der Waals surface area contributed by atoms with Crippen LogP contribution in [0.2, 0.25) is 0 Å². The van der Waals surface area contributed by atoms with Crippen molar-refractivity contribution in [3.63, 3.8) is 0 Å². The second-order valence-corrected chi connectivity index (χ2v) is 14.8. The van der Waals surface area contributed by atoms with Gasteiger partial charge in [-0.1, -0.05) is 13.8 Å². The Labute approximate surface area is 274 Å². The van der Waals surface area contributed by atoms with Gasteiger partial charge in [0.05, 0.1) is 49.2 Å². The lowest BCUT2D eigenvalue weighted by molar-refractivity contribution is -0.915. The van der Waals surface area contributed by atoms with Crippen LogP contribution >= 0.6 is 0 Å². The van der Waals surface area contributed by atoms with E-state index in [0.717, 1.165) is 49.3 Å². The van der Waals surface area contributed by atoms with Gasteiger partial charge in [-0.2, -0.15) is 0 Å². The number of Topliss-reactive ketones (excluding diaryl/α,β-unsaturated/α-hetero) is 1. The van der Waals surface area contributed by atoms with Crippen molar-refractivity contribution >= 4 is 21.8 Å². The second kappa shape index (κ2) is 13.8. The number of hydrogen-bond donors (Lipinski definition) is 1. The van der Waals surface area contributed by atoms with Crippen molar-refractivity contribution in [1.29, 1.82) is 0 Å². The average molecular weight is 669 g/mol. The van der Waals surface area contributed by atoms with Gasteiger partial charge in [0.2, 0.25) is 0 Å². The molecule has 47 heavy (non-hydrogen) atoms. The number of aromatic nitrogens is 2. The van der Waals surface area contributed by atoms with Gasteiger partial charge in [-0.25, -0.2) is 22.8 Å². The van der Waals surface area contributed by atoms with Gasteiger partial charge in [-0.3, -0.25) is 9.59 Å².